The molecule has 2 aliphatic rings. The largest absolute Gasteiger partial charge is 0.355 e. The van der Waals surface area contributed by atoms with Gasteiger partial charge in [0.1, 0.15) is 5.65 Å². The van der Waals surface area contributed by atoms with Gasteiger partial charge >= 0.3 is 0 Å². The Hall–Kier alpha value is -1.92. The van der Waals surface area contributed by atoms with Gasteiger partial charge in [0.15, 0.2) is 0 Å². The highest BCUT2D eigenvalue weighted by Crippen LogP contribution is 2.52. The number of hydrogen-bond donors (Lipinski definition) is 1. The molecule has 3 heterocycles. The average Bonchev–Trinajstić information content (AvgIpc) is 2.94. The molecule has 0 bridgehead atoms. The number of fused-ring (bicyclic) bond motifs is 1. The van der Waals surface area contributed by atoms with E-state index < -0.39 is 0 Å². The fourth-order valence-corrected chi connectivity index (χ4v) is 5.03. The molecule has 0 atom stereocenters. The second-order valence-corrected chi connectivity index (χ2v) is 8.64. The molecule has 0 unspecified atom stereocenters. The van der Waals surface area contributed by atoms with Crippen LogP contribution < -0.4 is 5.32 Å². The lowest BCUT2D eigenvalue weighted by molar-refractivity contribution is -0.145. The van der Waals surface area contributed by atoms with Crippen molar-refractivity contribution in [3.05, 3.63) is 35.8 Å². The first-order chi connectivity index (χ1) is 13.5. The topological polar surface area (TPSA) is 52.9 Å². The van der Waals surface area contributed by atoms with Crippen LogP contribution in [0.15, 0.2) is 24.4 Å². The van der Waals surface area contributed by atoms with E-state index >= 15 is 0 Å². The number of likely N-dealkylation sites (tertiary alicyclic amines) is 1. The van der Waals surface area contributed by atoms with Crippen LogP contribution in [0.4, 0.5) is 0 Å². The highest BCUT2D eigenvalue weighted by Gasteiger charge is 2.54. The third-order valence-electron chi connectivity index (χ3n) is 6.67. The van der Waals surface area contributed by atoms with Crippen LogP contribution in [-0.4, -0.2) is 64.4 Å². The summed E-state index contributed by atoms with van der Waals surface area (Å²) in [6.45, 7) is 13.4. The van der Waals surface area contributed by atoms with Crippen LogP contribution in [-0.2, 0) is 11.3 Å². The Balaban J connectivity index is 1.22. The molecule has 2 aromatic rings. The van der Waals surface area contributed by atoms with E-state index in [1.807, 2.05) is 6.07 Å². The maximum Gasteiger partial charge on any atom is 0.223 e. The summed E-state index contributed by atoms with van der Waals surface area (Å²) < 4.78 is 2.20. The number of likely N-dealkylation sites (N-methyl/N-ethyl adjacent to an activating group) is 1. The second-order valence-electron chi connectivity index (χ2n) is 8.64. The number of imidazole rings is 1. The number of pyridine rings is 1. The number of nitrogens with one attached hydrogen (secondary N) is 1. The van der Waals surface area contributed by atoms with Gasteiger partial charge in [0.05, 0.1) is 11.4 Å². The average molecular weight is 384 g/mol. The second kappa shape index (κ2) is 7.84. The summed E-state index contributed by atoms with van der Waals surface area (Å²) in [7, 11) is 0. The Morgan fingerprint density at radius 1 is 1.29 bits per heavy atom. The molecule has 1 saturated carbocycles. The van der Waals surface area contributed by atoms with Crippen LogP contribution in [0.2, 0.25) is 0 Å². The van der Waals surface area contributed by atoms with Crippen LogP contribution in [0.1, 0.15) is 38.1 Å². The van der Waals surface area contributed by atoms with Gasteiger partial charge in [-0.05, 0) is 50.4 Å². The maximum absolute atomic E-state index is 12.4. The van der Waals surface area contributed by atoms with E-state index in [1.165, 1.54) is 5.69 Å². The summed E-state index contributed by atoms with van der Waals surface area (Å²) in [4.78, 5) is 21.9. The predicted molar refractivity (Wildman–Crippen MR) is 111 cm³/mol. The maximum atomic E-state index is 12.4. The molecular weight excluding hydrogens is 350 g/mol. The van der Waals surface area contributed by atoms with Gasteiger partial charge in [-0.15, -0.1) is 0 Å². The van der Waals surface area contributed by atoms with E-state index in [0.717, 1.165) is 70.0 Å². The number of hydrogen-bond acceptors (Lipinski definition) is 4. The third-order valence-corrected chi connectivity index (χ3v) is 6.67. The van der Waals surface area contributed by atoms with Crippen molar-refractivity contribution >= 4 is 11.6 Å². The van der Waals surface area contributed by atoms with Crippen molar-refractivity contribution in [2.24, 2.45) is 11.3 Å². The van der Waals surface area contributed by atoms with Crippen LogP contribution in [0.5, 0.6) is 0 Å². The summed E-state index contributed by atoms with van der Waals surface area (Å²) in [5.41, 5.74) is 3.81. The summed E-state index contributed by atoms with van der Waals surface area (Å²) in [6, 6.07) is 6.15. The van der Waals surface area contributed by atoms with E-state index in [0.29, 0.717) is 5.41 Å². The molecule has 4 rings (SSSR count). The minimum Gasteiger partial charge on any atom is -0.355 e. The highest BCUT2D eigenvalue weighted by molar-refractivity contribution is 5.79. The van der Waals surface area contributed by atoms with E-state index in [-0.39, 0.29) is 11.8 Å². The van der Waals surface area contributed by atoms with E-state index in [9.17, 15) is 4.79 Å². The standard InChI is InChI=1S/C22H33N5O/c1-4-25(5-2)11-9-23-21(28)18-12-22(13-18)15-26(16-22)14-19-17(3)24-20-8-6-7-10-27(19)20/h6-8,10,18H,4-5,9,11-16H2,1-3H3,(H,23,28). The van der Waals surface area contributed by atoms with Crippen molar-refractivity contribution in [1.82, 2.24) is 24.5 Å². The lowest BCUT2D eigenvalue weighted by atomic mass is 9.57. The first-order valence-corrected chi connectivity index (χ1v) is 10.7. The zero-order valence-electron chi connectivity index (χ0n) is 17.4. The van der Waals surface area contributed by atoms with Crippen LogP contribution in [0, 0.1) is 18.3 Å². The molecule has 0 aromatic carbocycles. The summed E-state index contributed by atoms with van der Waals surface area (Å²) >= 11 is 0. The highest BCUT2D eigenvalue weighted by atomic mass is 16.1. The number of rotatable bonds is 8. The lowest BCUT2D eigenvalue weighted by Gasteiger charge is -2.58. The Labute approximate surface area is 167 Å². The molecule has 1 saturated heterocycles. The zero-order chi connectivity index (χ0) is 19.7. The Kier molecular flexibility index (Phi) is 5.43. The lowest BCUT2D eigenvalue weighted by Crippen LogP contribution is -2.63. The van der Waals surface area contributed by atoms with Crippen molar-refractivity contribution in [3.8, 4) is 0 Å². The number of carbonyl (C=O) groups excluding carboxylic acids is 1. The molecule has 0 radical (unpaired) electrons. The number of amides is 1. The molecule has 1 amide bonds. The molecule has 152 valence electrons. The predicted octanol–water partition coefficient (Wildman–Crippen LogP) is 2.31. The Morgan fingerprint density at radius 3 is 2.75 bits per heavy atom. The van der Waals surface area contributed by atoms with Gasteiger partial charge in [-0.3, -0.25) is 9.69 Å². The fourth-order valence-electron chi connectivity index (χ4n) is 5.03. The first-order valence-electron chi connectivity index (χ1n) is 10.7. The van der Waals surface area contributed by atoms with Crippen LogP contribution in [0.3, 0.4) is 0 Å². The van der Waals surface area contributed by atoms with Gasteiger partial charge in [-0.25, -0.2) is 4.98 Å². The summed E-state index contributed by atoms with van der Waals surface area (Å²) in [6.07, 6.45) is 4.20. The normalized spacial score (nSPS) is 19.1. The van der Waals surface area contributed by atoms with Gasteiger partial charge in [0.2, 0.25) is 5.91 Å². The van der Waals surface area contributed by atoms with E-state index in [2.05, 4.69) is 63.6 Å². The SMILES string of the molecule is CCN(CC)CCNC(=O)C1CC2(C1)CN(Cc1c(C)nc3ccccn13)C2. The fraction of sp³-hybridized carbons (Fsp3) is 0.636. The quantitative estimate of drug-likeness (QED) is 0.760. The minimum absolute atomic E-state index is 0.219. The number of aryl methyl sites for hydroxylation is 1. The molecule has 2 fully saturated rings. The van der Waals surface area contributed by atoms with Gasteiger partial charge in [0, 0.05) is 44.8 Å². The van der Waals surface area contributed by atoms with Crippen molar-refractivity contribution in [2.45, 2.75) is 40.2 Å². The van der Waals surface area contributed by atoms with Gasteiger partial charge in [0.25, 0.3) is 0 Å². The molecule has 6 heteroatoms. The molecule has 1 aliphatic heterocycles. The first kappa shape index (κ1) is 19.4. The zero-order valence-corrected chi connectivity index (χ0v) is 17.4. The Bertz CT molecular complexity index is 827. The van der Waals surface area contributed by atoms with E-state index in [4.69, 9.17) is 0 Å². The monoisotopic (exact) mass is 383 g/mol. The molecule has 28 heavy (non-hydrogen) atoms. The van der Waals surface area contributed by atoms with Crippen molar-refractivity contribution in [1.29, 1.82) is 0 Å². The third kappa shape index (κ3) is 3.67. The number of nitrogens with zero attached hydrogens (tertiary/aromatic N) is 4. The van der Waals surface area contributed by atoms with Gasteiger partial charge in [-0.1, -0.05) is 19.9 Å². The van der Waals surface area contributed by atoms with Crippen LogP contribution in [0.25, 0.3) is 5.65 Å². The molecule has 1 N–H and O–H groups in total. The van der Waals surface area contributed by atoms with Crippen LogP contribution >= 0.6 is 0 Å². The molecule has 6 nitrogen and oxygen atoms in total. The van der Waals surface area contributed by atoms with Gasteiger partial charge < -0.3 is 14.6 Å². The number of carbonyl (C=O) groups is 1. The van der Waals surface area contributed by atoms with Crippen molar-refractivity contribution < 1.29 is 4.79 Å². The van der Waals surface area contributed by atoms with Crippen molar-refractivity contribution in [3.63, 3.8) is 0 Å². The Morgan fingerprint density at radius 2 is 2.04 bits per heavy atom. The summed E-state index contributed by atoms with van der Waals surface area (Å²) in [5, 5.41) is 3.14. The molecule has 1 aliphatic carbocycles. The summed E-state index contributed by atoms with van der Waals surface area (Å²) in [5.74, 6) is 0.477. The van der Waals surface area contributed by atoms with Gasteiger partial charge in [-0.2, -0.15) is 0 Å². The van der Waals surface area contributed by atoms with E-state index in [1.54, 1.807) is 0 Å². The molecular formula is C22H33N5O. The molecule has 1 spiro atoms. The number of aromatic nitrogens is 2. The molecule has 2 aromatic heterocycles. The van der Waals surface area contributed by atoms with Crippen molar-refractivity contribution in [2.75, 3.05) is 39.3 Å². The minimum atomic E-state index is 0.219. The smallest absolute Gasteiger partial charge is 0.223 e.